The van der Waals surface area contributed by atoms with E-state index in [1.807, 2.05) is 32.9 Å². The minimum absolute atomic E-state index is 0.00313. The Labute approximate surface area is 125 Å². The zero-order valence-electron chi connectivity index (χ0n) is 11.2. The summed E-state index contributed by atoms with van der Waals surface area (Å²) in [5, 5.41) is 2.79. The van der Waals surface area contributed by atoms with E-state index in [1.165, 1.54) is 0 Å². The summed E-state index contributed by atoms with van der Waals surface area (Å²) in [4.78, 5) is 26.9. The van der Waals surface area contributed by atoms with Crippen molar-refractivity contribution in [3.05, 3.63) is 20.8 Å². The van der Waals surface area contributed by atoms with E-state index in [0.29, 0.717) is 6.54 Å². The van der Waals surface area contributed by atoms with Gasteiger partial charge in [0.15, 0.2) is 0 Å². The molecular formula is C13H17BrN2O2S. The summed E-state index contributed by atoms with van der Waals surface area (Å²) in [6.45, 7) is 6.51. The van der Waals surface area contributed by atoms with E-state index < -0.39 is 6.04 Å². The molecule has 1 aromatic rings. The third-order valence-electron chi connectivity index (χ3n) is 3.04. The SMILES string of the molecule is CC(C)(C)C1NC(=O)CN(Cc2ccc(Br)s2)C1=O. The van der Waals surface area contributed by atoms with Crippen LogP contribution in [0.3, 0.4) is 0 Å². The molecule has 2 heterocycles. The molecule has 0 bridgehead atoms. The van der Waals surface area contributed by atoms with Crippen LogP contribution in [-0.2, 0) is 16.1 Å². The van der Waals surface area contributed by atoms with Gasteiger partial charge in [-0.1, -0.05) is 20.8 Å². The van der Waals surface area contributed by atoms with Crippen molar-refractivity contribution in [2.75, 3.05) is 6.54 Å². The lowest BCUT2D eigenvalue weighted by molar-refractivity contribution is -0.147. The van der Waals surface area contributed by atoms with Gasteiger partial charge in [-0.25, -0.2) is 0 Å². The number of thiophene rings is 1. The maximum absolute atomic E-state index is 12.4. The third-order valence-corrected chi connectivity index (χ3v) is 4.65. The summed E-state index contributed by atoms with van der Waals surface area (Å²) in [6.07, 6.45) is 0. The van der Waals surface area contributed by atoms with Crippen LogP contribution in [0.15, 0.2) is 15.9 Å². The van der Waals surface area contributed by atoms with E-state index in [1.54, 1.807) is 16.2 Å². The van der Waals surface area contributed by atoms with Gasteiger partial charge in [-0.2, -0.15) is 0 Å². The number of carbonyl (C=O) groups is 2. The van der Waals surface area contributed by atoms with Crippen LogP contribution in [0, 0.1) is 5.41 Å². The van der Waals surface area contributed by atoms with Gasteiger partial charge in [0.1, 0.15) is 6.04 Å². The van der Waals surface area contributed by atoms with Crippen molar-refractivity contribution in [3.8, 4) is 0 Å². The Bertz CT molecular complexity index is 507. The van der Waals surface area contributed by atoms with Crippen molar-refractivity contribution in [2.45, 2.75) is 33.4 Å². The minimum Gasteiger partial charge on any atom is -0.342 e. The van der Waals surface area contributed by atoms with Gasteiger partial charge in [0.2, 0.25) is 11.8 Å². The molecule has 1 N–H and O–H groups in total. The van der Waals surface area contributed by atoms with Crippen molar-refractivity contribution >= 4 is 39.1 Å². The van der Waals surface area contributed by atoms with Gasteiger partial charge in [0, 0.05) is 4.88 Å². The quantitative estimate of drug-likeness (QED) is 0.895. The average molecular weight is 345 g/mol. The molecule has 1 saturated heterocycles. The Hall–Kier alpha value is -0.880. The first-order valence-corrected chi connectivity index (χ1v) is 7.70. The first kappa shape index (κ1) is 14.5. The van der Waals surface area contributed by atoms with Crippen LogP contribution in [-0.4, -0.2) is 29.3 Å². The van der Waals surface area contributed by atoms with E-state index in [4.69, 9.17) is 0 Å². The smallest absolute Gasteiger partial charge is 0.246 e. The Morgan fingerprint density at radius 1 is 1.42 bits per heavy atom. The Morgan fingerprint density at radius 3 is 2.63 bits per heavy atom. The first-order valence-electron chi connectivity index (χ1n) is 6.10. The predicted molar refractivity (Wildman–Crippen MR) is 78.8 cm³/mol. The zero-order chi connectivity index (χ0) is 14.2. The largest absolute Gasteiger partial charge is 0.342 e. The Balaban J connectivity index is 2.16. The number of nitrogens with zero attached hydrogens (tertiary/aromatic N) is 1. The van der Waals surface area contributed by atoms with Crippen molar-refractivity contribution in [1.82, 2.24) is 10.2 Å². The topological polar surface area (TPSA) is 49.4 Å². The zero-order valence-corrected chi connectivity index (χ0v) is 13.6. The molecule has 1 unspecified atom stereocenters. The van der Waals surface area contributed by atoms with Crippen LogP contribution >= 0.6 is 27.3 Å². The first-order chi connectivity index (χ1) is 8.77. The third kappa shape index (κ3) is 3.36. The number of piperazine rings is 1. The number of nitrogens with one attached hydrogen (secondary N) is 1. The van der Waals surface area contributed by atoms with Crippen LogP contribution < -0.4 is 5.32 Å². The van der Waals surface area contributed by atoms with E-state index in [2.05, 4.69) is 21.2 Å². The average Bonchev–Trinajstić information content (AvgIpc) is 2.67. The summed E-state index contributed by atoms with van der Waals surface area (Å²) in [5.74, 6) is -0.0910. The predicted octanol–water partition coefficient (Wildman–Crippen LogP) is 2.38. The van der Waals surface area contributed by atoms with Crippen LogP contribution in [0.1, 0.15) is 25.6 Å². The van der Waals surface area contributed by atoms with Gasteiger partial charge in [0.25, 0.3) is 0 Å². The van der Waals surface area contributed by atoms with Crippen molar-refractivity contribution < 1.29 is 9.59 Å². The van der Waals surface area contributed by atoms with Crippen LogP contribution in [0.4, 0.5) is 0 Å². The second-order valence-electron chi connectivity index (χ2n) is 5.77. The highest BCUT2D eigenvalue weighted by Crippen LogP contribution is 2.27. The van der Waals surface area contributed by atoms with Gasteiger partial charge >= 0.3 is 0 Å². The van der Waals surface area contributed by atoms with E-state index in [0.717, 1.165) is 8.66 Å². The molecule has 1 aromatic heterocycles. The summed E-state index contributed by atoms with van der Waals surface area (Å²) in [6, 6.07) is 3.48. The highest BCUT2D eigenvalue weighted by Gasteiger charge is 2.39. The number of amides is 2. The maximum Gasteiger partial charge on any atom is 0.246 e. The molecule has 104 valence electrons. The lowest BCUT2D eigenvalue weighted by atomic mass is 9.85. The molecule has 0 saturated carbocycles. The van der Waals surface area contributed by atoms with Crippen LogP contribution in [0.25, 0.3) is 0 Å². The van der Waals surface area contributed by atoms with E-state index >= 15 is 0 Å². The Kier molecular flexibility index (Phi) is 4.01. The summed E-state index contributed by atoms with van der Waals surface area (Å²) >= 11 is 4.99. The number of hydrogen-bond donors (Lipinski definition) is 1. The lowest BCUT2D eigenvalue weighted by Gasteiger charge is -2.38. The summed E-state index contributed by atoms with van der Waals surface area (Å²) in [7, 11) is 0. The fourth-order valence-corrected chi connectivity index (χ4v) is 3.55. The summed E-state index contributed by atoms with van der Waals surface area (Å²) < 4.78 is 1.03. The second-order valence-corrected chi connectivity index (χ2v) is 8.31. The van der Waals surface area contributed by atoms with Crippen molar-refractivity contribution in [2.24, 2.45) is 5.41 Å². The molecule has 1 atom stereocenters. The van der Waals surface area contributed by atoms with Gasteiger partial charge in [0.05, 0.1) is 16.9 Å². The van der Waals surface area contributed by atoms with Gasteiger partial charge in [-0.3, -0.25) is 9.59 Å². The minimum atomic E-state index is -0.447. The lowest BCUT2D eigenvalue weighted by Crippen LogP contribution is -2.61. The highest BCUT2D eigenvalue weighted by atomic mass is 79.9. The fraction of sp³-hybridized carbons (Fsp3) is 0.538. The molecular weight excluding hydrogens is 328 g/mol. The molecule has 19 heavy (non-hydrogen) atoms. The molecule has 0 aliphatic carbocycles. The fourth-order valence-electron chi connectivity index (χ4n) is 2.05. The standard InChI is InChI=1S/C13H17BrN2O2S/c1-13(2,3)11-12(18)16(7-10(17)15-11)6-8-4-5-9(14)19-8/h4-5,11H,6-7H2,1-3H3,(H,15,17). The maximum atomic E-state index is 12.4. The molecule has 1 fully saturated rings. The molecule has 2 amide bonds. The number of rotatable bonds is 2. The summed E-state index contributed by atoms with van der Waals surface area (Å²) in [5.41, 5.74) is -0.276. The normalized spacial score (nSPS) is 20.6. The molecule has 0 spiro atoms. The molecule has 6 heteroatoms. The number of carbonyl (C=O) groups excluding carboxylic acids is 2. The Morgan fingerprint density at radius 2 is 2.11 bits per heavy atom. The second kappa shape index (κ2) is 5.25. The molecule has 4 nitrogen and oxygen atoms in total. The molecule has 1 aliphatic heterocycles. The number of halogens is 1. The van der Waals surface area contributed by atoms with Gasteiger partial charge in [-0.15, -0.1) is 11.3 Å². The molecule has 0 radical (unpaired) electrons. The van der Waals surface area contributed by atoms with Crippen LogP contribution in [0.2, 0.25) is 0 Å². The number of hydrogen-bond acceptors (Lipinski definition) is 3. The van der Waals surface area contributed by atoms with E-state index in [-0.39, 0.29) is 23.8 Å². The van der Waals surface area contributed by atoms with Gasteiger partial charge in [-0.05, 0) is 33.5 Å². The molecule has 2 rings (SSSR count). The molecule has 1 aliphatic rings. The highest BCUT2D eigenvalue weighted by molar-refractivity contribution is 9.11. The van der Waals surface area contributed by atoms with E-state index in [9.17, 15) is 9.59 Å². The molecule has 0 aromatic carbocycles. The van der Waals surface area contributed by atoms with Gasteiger partial charge < -0.3 is 10.2 Å². The van der Waals surface area contributed by atoms with Crippen molar-refractivity contribution in [1.29, 1.82) is 0 Å². The monoisotopic (exact) mass is 344 g/mol. The van der Waals surface area contributed by atoms with Crippen LogP contribution in [0.5, 0.6) is 0 Å². The van der Waals surface area contributed by atoms with Crippen molar-refractivity contribution in [3.63, 3.8) is 0 Å².